The Bertz CT molecular complexity index is 1120. The summed E-state index contributed by atoms with van der Waals surface area (Å²) in [6.45, 7) is 1.81. The number of carbonyl (C=O) groups excluding carboxylic acids is 2. The molecule has 3 N–H and O–H groups in total. The zero-order valence-electron chi connectivity index (χ0n) is 15.3. The fourth-order valence-electron chi connectivity index (χ4n) is 3.17. The van der Waals surface area contributed by atoms with Crippen molar-refractivity contribution in [3.05, 3.63) is 51.8 Å². The summed E-state index contributed by atoms with van der Waals surface area (Å²) in [6, 6.07) is 5.85. The van der Waals surface area contributed by atoms with E-state index in [0.717, 1.165) is 18.5 Å². The number of aryl methyl sites for hydroxylation is 2. The van der Waals surface area contributed by atoms with Gasteiger partial charge in [0.05, 0.1) is 22.2 Å². The molecule has 28 heavy (non-hydrogen) atoms. The van der Waals surface area contributed by atoms with Crippen LogP contribution in [0.3, 0.4) is 0 Å². The van der Waals surface area contributed by atoms with E-state index in [1.54, 1.807) is 24.7 Å². The first-order chi connectivity index (χ1) is 13.3. The lowest BCUT2D eigenvalue weighted by molar-refractivity contribution is 0.0846. The predicted molar refractivity (Wildman–Crippen MR) is 103 cm³/mol. The fourth-order valence-corrected chi connectivity index (χ4v) is 3.34. The van der Waals surface area contributed by atoms with Crippen LogP contribution in [-0.4, -0.2) is 31.7 Å². The zero-order valence-corrected chi connectivity index (χ0v) is 16.0. The van der Waals surface area contributed by atoms with E-state index in [9.17, 15) is 14.7 Å². The number of rotatable bonds is 3. The van der Waals surface area contributed by atoms with Gasteiger partial charge in [-0.15, -0.1) is 0 Å². The number of nitrogens with zero attached hydrogens (tertiary/aromatic N) is 3. The topological polar surface area (TPSA) is 109 Å². The van der Waals surface area contributed by atoms with Crippen LogP contribution in [0.15, 0.2) is 24.3 Å². The number of hydrogen-bond acceptors (Lipinski definition) is 5. The lowest BCUT2D eigenvalue weighted by atomic mass is 10.1. The number of carbonyl (C=O) groups is 2. The molecule has 8 nitrogen and oxygen atoms in total. The standard InChI is InChI=1S/C19H18ClN5O3/c1-9-16-13(8-14(10-3-4-10)21-17(16)25(2)24-9)19(28)23-22-18(27)12-7-11(20)5-6-15(12)26/h5-8,10,26H,3-4H2,1-2H3,(H,22,27)(H,23,28). The van der Waals surface area contributed by atoms with Gasteiger partial charge in [0.2, 0.25) is 0 Å². The van der Waals surface area contributed by atoms with Gasteiger partial charge < -0.3 is 5.11 Å². The van der Waals surface area contributed by atoms with Gasteiger partial charge in [0.15, 0.2) is 5.65 Å². The molecule has 2 aromatic heterocycles. The second-order valence-corrected chi connectivity index (χ2v) is 7.28. The lowest BCUT2D eigenvalue weighted by Crippen LogP contribution is -2.41. The second kappa shape index (κ2) is 6.79. The average molecular weight is 400 g/mol. The first-order valence-corrected chi connectivity index (χ1v) is 9.16. The van der Waals surface area contributed by atoms with Crippen LogP contribution in [-0.2, 0) is 7.05 Å². The number of aromatic hydroxyl groups is 1. The fraction of sp³-hybridized carbons (Fsp3) is 0.263. The van der Waals surface area contributed by atoms with Crippen molar-refractivity contribution in [2.24, 2.45) is 7.05 Å². The van der Waals surface area contributed by atoms with Gasteiger partial charge >= 0.3 is 0 Å². The molecule has 9 heteroatoms. The molecule has 0 spiro atoms. The summed E-state index contributed by atoms with van der Waals surface area (Å²) >= 11 is 5.86. The summed E-state index contributed by atoms with van der Waals surface area (Å²) in [5, 5.41) is 15.1. The molecule has 1 fully saturated rings. The third-order valence-electron chi connectivity index (χ3n) is 4.72. The van der Waals surface area contributed by atoms with Crippen LogP contribution in [0.4, 0.5) is 0 Å². The van der Waals surface area contributed by atoms with E-state index in [2.05, 4.69) is 20.9 Å². The number of aromatic nitrogens is 3. The first kappa shape index (κ1) is 18.2. The molecule has 0 radical (unpaired) electrons. The molecule has 3 aromatic rings. The second-order valence-electron chi connectivity index (χ2n) is 6.85. The van der Waals surface area contributed by atoms with Gasteiger partial charge in [0.25, 0.3) is 11.8 Å². The number of phenolic OH excluding ortho intramolecular Hbond substituents is 1. The average Bonchev–Trinajstić information content (AvgIpc) is 3.47. The molecule has 1 aliphatic rings. The van der Waals surface area contributed by atoms with Crippen molar-refractivity contribution >= 4 is 34.4 Å². The molecule has 0 bridgehead atoms. The molecule has 1 aromatic carbocycles. The van der Waals surface area contributed by atoms with E-state index in [4.69, 9.17) is 11.6 Å². The quantitative estimate of drug-likeness (QED) is 0.586. The Hall–Kier alpha value is -3.13. The van der Waals surface area contributed by atoms with Crippen LogP contribution in [0, 0.1) is 6.92 Å². The number of hydrazine groups is 1. The first-order valence-electron chi connectivity index (χ1n) is 8.78. The Morgan fingerprint density at radius 3 is 2.54 bits per heavy atom. The van der Waals surface area contributed by atoms with Crippen LogP contribution in [0.5, 0.6) is 5.75 Å². The highest BCUT2D eigenvalue weighted by Crippen LogP contribution is 2.40. The number of benzene rings is 1. The Morgan fingerprint density at radius 2 is 1.86 bits per heavy atom. The van der Waals surface area contributed by atoms with Crippen molar-refractivity contribution in [2.45, 2.75) is 25.7 Å². The minimum atomic E-state index is -0.677. The maximum absolute atomic E-state index is 12.8. The van der Waals surface area contributed by atoms with Crippen molar-refractivity contribution in [1.82, 2.24) is 25.6 Å². The van der Waals surface area contributed by atoms with Crippen LogP contribution in [0.2, 0.25) is 5.02 Å². The highest BCUT2D eigenvalue weighted by molar-refractivity contribution is 6.31. The Balaban J connectivity index is 1.62. The zero-order chi connectivity index (χ0) is 20.0. The molecule has 144 valence electrons. The molecule has 0 saturated heterocycles. The monoisotopic (exact) mass is 399 g/mol. The third kappa shape index (κ3) is 3.27. The number of nitrogens with one attached hydrogen (secondary N) is 2. The minimum absolute atomic E-state index is 0.0381. The van der Waals surface area contributed by atoms with E-state index in [-0.39, 0.29) is 11.3 Å². The normalized spacial score (nSPS) is 13.5. The van der Waals surface area contributed by atoms with Gasteiger partial charge in [-0.1, -0.05) is 11.6 Å². The summed E-state index contributed by atoms with van der Waals surface area (Å²) in [4.78, 5) is 29.8. The molecular weight excluding hydrogens is 382 g/mol. The van der Waals surface area contributed by atoms with E-state index in [0.29, 0.717) is 33.2 Å². The molecule has 1 saturated carbocycles. The summed E-state index contributed by atoms with van der Waals surface area (Å²) in [6.07, 6.45) is 2.09. The molecule has 2 heterocycles. The Kier molecular flexibility index (Phi) is 4.43. The summed E-state index contributed by atoms with van der Waals surface area (Å²) in [5.74, 6) is -1.05. The molecule has 0 unspecified atom stereocenters. The maximum atomic E-state index is 12.8. The van der Waals surface area contributed by atoms with E-state index in [1.165, 1.54) is 18.2 Å². The van der Waals surface area contributed by atoms with Crippen LogP contribution in [0.25, 0.3) is 11.0 Å². The largest absolute Gasteiger partial charge is 0.507 e. The van der Waals surface area contributed by atoms with Crippen LogP contribution in [0.1, 0.15) is 50.9 Å². The van der Waals surface area contributed by atoms with Gasteiger partial charge in [-0.2, -0.15) is 5.10 Å². The number of phenols is 1. The van der Waals surface area contributed by atoms with E-state index >= 15 is 0 Å². The maximum Gasteiger partial charge on any atom is 0.273 e. The van der Waals surface area contributed by atoms with Crippen LogP contribution < -0.4 is 10.9 Å². The van der Waals surface area contributed by atoms with Crippen molar-refractivity contribution in [3.8, 4) is 5.75 Å². The lowest BCUT2D eigenvalue weighted by Gasteiger charge is -2.11. The predicted octanol–water partition coefficient (Wildman–Crippen LogP) is 2.59. The number of halogens is 1. The summed E-state index contributed by atoms with van der Waals surface area (Å²) < 4.78 is 1.65. The molecule has 4 rings (SSSR count). The smallest absolute Gasteiger partial charge is 0.273 e. The van der Waals surface area contributed by atoms with E-state index in [1.807, 2.05) is 0 Å². The van der Waals surface area contributed by atoms with Crippen molar-refractivity contribution in [3.63, 3.8) is 0 Å². The van der Waals surface area contributed by atoms with Crippen molar-refractivity contribution in [1.29, 1.82) is 0 Å². The third-order valence-corrected chi connectivity index (χ3v) is 4.96. The number of pyridine rings is 1. The summed E-state index contributed by atoms with van der Waals surface area (Å²) in [5.41, 5.74) is 7.23. The van der Waals surface area contributed by atoms with Crippen molar-refractivity contribution < 1.29 is 14.7 Å². The number of fused-ring (bicyclic) bond motifs is 1. The van der Waals surface area contributed by atoms with E-state index < -0.39 is 11.8 Å². The summed E-state index contributed by atoms with van der Waals surface area (Å²) in [7, 11) is 1.78. The SMILES string of the molecule is Cc1nn(C)c2nc(C3CC3)cc(C(=O)NNC(=O)c3cc(Cl)ccc3O)c12. The van der Waals surface area contributed by atoms with Gasteiger partial charge in [-0.05, 0) is 44.0 Å². The van der Waals surface area contributed by atoms with Gasteiger partial charge in [-0.25, -0.2) is 4.98 Å². The molecule has 0 atom stereocenters. The number of hydrogen-bond donors (Lipinski definition) is 3. The Morgan fingerprint density at radius 1 is 1.18 bits per heavy atom. The highest BCUT2D eigenvalue weighted by Gasteiger charge is 2.28. The van der Waals surface area contributed by atoms with Gasteiger partial charge in [0, 0.05) is 23.7 Å². The molecule has 1 aliphatic carbocycles. The van der Waals surface area contributed by atoms with Gasteiger partial charge in [0.1, 0.15) is 5.75 Å². The van der Waals surface area contributed by atoms with Crippen LogP contribution >= 0.6 is 11.6 Å². The molecule has 2 amide bonds. The number of amides is 2. The Labute approximate surface area is 165 Å². The minimum Gasteiger partial charge on any atom is -0.507 e. The van der Waals surface area contributed by atoms with Gasteiger partial charge in [-0.3, -0.25) is 25.1 Å². The molecule has 0 aliphatic heterocycles. The molecular formula is C19H18ClN5O3. The highest BCUT2D eigenvalue weighted by atomic mass is 35.5. The van der Waals surface area contributed by atoms with Crippen molar-refractivity contribution in [2.75, 3.05) is 0 Å².